The molecule has 5 nitrogen and oxygen atoms in total. The zero-order chi connectivity index (χ0) is 17.6. The first kappa shape index (κ1) is 18.0. The van der Waals surface area contributed by atoms with Gasteiger partial charge >= 0.3 is 0 Å². The molecule has 0 fully saturated rings. The second-order valence-corrected chi connectivity index (χ2v) is 7.37. The summed E-state index contributed by atoms with van der Waals surface area (Å²) in [6.07, 6.45) is 0. The van der Waals surface area contributed by atoms with Gasteiger partial charge in [-0.2, -0.15) is 5.26 Å². The first-order chi connectivity index (χ1) is 11.4. The summed E-state index contributed by atoms with van der Waals surface area (Å²) in [6.45, 7) is 2.22. The molecule has 0 aliphatic heterocycles. The quantitative estimate of drug-likeness (QED) is 0.837. The van der Waals surface area contributed by atoms with E-state index in [1.807, 2.05) is 37.3 Å². The lowest BCUT2D eigenvalue weighted by Crippen LogP contribution is -2.29. The number of hydrogen-bond acceptors (Lipinski definition) is 4. The van der Waals surface area contributed by atoms with Crippen LogP contribution >= 0.6 is 0 Å². The standard InChI is InChI=1S/C18H20N2O3S/c1-14(17-8-3-4-9-18(17)23-2)12-20-24(21,22)13-16-7-5-6-15(10-16)11-19/h3-10,14,20H,12-13H2,1-2H3/t14-/m0/s1. The number of hydrogen-bond donors (Lipinski definition) is 1. The van der Waals surface area contributed by atoms with Gasteiger partial charge in [0.25, 0.3) is 0 Å². The molecule has 0 saturated carbocycles. The SMILES string of the molecule is COc1ccccc1[C@@H](C)CNS(=O)(=O)Cc1cccc(C#N)c1. The van der Waals surface area contributed by atoms with E-state index in [1.165, 1.54) is 0 Å². The summed E-state index contributed by atoms with van der Waals surface area (Å²) in [5.74, 6) is 0.563. The Hall–Kier alpha value is -2.36. The number of sulfonamides is 1. The molecule has 0 saturated heterocycles. The monoisotopic (exact) mass is 344 g/mol. The van der Waals surface area contributed by atoms with Crippen molar-refractivity contribution in [3.8, 4) is 11.8 Å². The number of benzene rings is 2. The fourth-order valence-electron chi connectivity index (χ4n) is 2.44. The van der Waals surface area contributed by atoms with Crippen molar-refractivity contribution in [3.05, 3.63) is 65.2 Å². The molecule has 126 valence electrons. The Morgan fingerprint density at radius 2 is 1.96 bits per heavy atom. The third kappa shape index (κ3) is 4.82. The molecule has 0 bridgehead atoms. The van der Waals surface area contributed by atoms with E-state index in [1.54, 1.807) is 31.4 Å². The van der Waals surface area contributed by atoms with E-state index in [0.717, 1.165) is 11.3 Å². The number of ether oxygens (including phenoxy) is 1. The number of nitriles is 1. The van der Waals surface area contributed by atoms with Crippen molar-refractivity contribution in [2.75, 3.05) is 13.7 Å². The summed E-state index contributed by atoms with van der Waals surface area (Å²) in [5.41, 5.74) is 1.99. The highest BCUT2D eigenvalue weighted by Gasteiger charge is 2.16. The van der Waals surface area contributed by atoms with Gasteiger partial charge in [-0.05, 0) is 35.2 Å². The minimum Gasteiger partial charge on any atom is -0.496 e. The largest absolute Gasteiger partial charge is 0.496 e. The third-order valence-corrected chi connectivity index (χ3v) is 5.01. The number of methoxy groups -OCH3 is 1. The van der Waals surface area contributed by atoms with E-state index in [2.05, 4.69) is 4.72 Å². The van der Waals surface area contributed by atoms with Crippen molar-refractivity contribution >= 4 is 10.0 Å². The van der Waals surface area contributed by atoms with Gasteiger partial charge in [-0.25, -0.2) is 13.1 Å². The van der Waals surface area contributed by atoms with Crippen LogP contribution < -0.4 is 9.46 Å². The summed E-state index contributed by atoms with van der Waals surface area (Å²) < 4.78 is 32.5. The van der Waals surface area contributed by atoms with Crippen molar-refractivity contribution in [1.29, 1.82) is 5.26 Å². The lowest BCUT2D eigenvalue weighted by atomic mass is 10.0. The molecule has 6 heteroatoms. The van der Waals surface area contributed by atoms with Gasteiger partial charge in [-0.15, -0.1) is 0 Å². The maximum atomic E-state index is 12.3. The Labute approximate surface area is 142 Å². The zero-order valence-electron chi connectivity index (χ0n) is 13.7. The van der Waals surface area contributed by atoms with Crippen molar-refractivity contribution in [2.45, 2.75) is 18.6 Å². The van der Waals surface area contributed by atoms with Gasteiger partial charge in [0, 0.05) is 6.54 Å². The summed E-state index contributed by atoms with van der Waals surface area (Å²) in [6, 6.07) is 16.2. The van der Waals surface area contributed by atoms with Crippen LogP contribution in [0.2, 0.25) is 0 Å². The molecule has 2 aromatic carbocycles. The van der Waals surface area contributed by atoms with Crippen molar-refractivity contribution in [3.63, 3.8) is 0 Å². The third-order valence-electron chi connectivity index (χ3n) is 3.69. The van der Waals surface area contributed by atoms with Gasteiger partial charge < -0.3 is 4.74 Å². The Kier molecular flexibility index (Phi) is 5.96. The lowest BCUT2D eigenvalue weighted by Gasteiger charge is -2.16. The molecule has 0 aliphatic rings. The summed E-state index contributed by atoms with van der Waals surface area (Å²) >= 11 is 0. The first-order valence-corrected chi connectivity index (χ1v) is 9.19. The van der Waals surface area contributed by atoms with Crippen LogP contribution in [0.4, 0.5) is 0 Å². The predicted octanol–water partition coefficient (Wildman–Crippen LogP) is 2.79. The normalized spacial score (nSPS) is 12.4. The van der Waals surface area contributed by atoms with Crippen molar-refractivity contribution < 1.29 is 13.2 Å². The molecular weight excluding hydrogens is 324 g/mol. The molecular formula is C18H20N2O3S. The lowest BCUT2D eigenvalue weighted by molar-refractivity contribution is 0.406. The minimum atomic E-state index is -3.48. The van der Waals surface area contributed by atoms with Gasteiger partial charge in [-0.3, -0.25) is 0 Å². The van der Waals surface area contributed by atoms with Crippen LogP contribution in [0.3, 0.4) is 0 Å². The number of para-hydroxylation sites is 1. The molecule has 0 aliphatic carbocycles. The molecule has 0 spiro atoms. The molecule has 0 radical (unpaired) electrons. The molecule has 0 unspecified atom stereocenters. The van der Waals surface area contributed by atoms with Crippen LogP contribution in [0.1, 0.15) is 29.5 Å². The average molecular weight is 344 g/mol. The van der Waals surface area contributed by atoms with Crippen LogP contribution in [0.5, 0.6) is 5.75 Å². The Morgan fingerprint density at radius 3 is 2.67 bits per heavy atom. The minimum absolute atomic E-state index is 0.0265. The molecule has 1 atom stereocenters. The van der Waals surface area contributed by atoms with Crippen LogP contribution in [0.15, 0.2) is 48.5 Å². The van der Waals surface area contributed by atoms with E-state index in [9.17, 15) is 8.42 Å². The van der Waals surface area contributed by atoms with Gasteiger partial charge in [-0.1, -0.05) is 37.3 Å². The highest BCUT2D eigenvalue weighted by atomic mass is 32.2. The molecule has 0 heterocycles. The number of nitrogens with one attached hydrogen (secondary N) is 1. The molecule has 0 aromatic heterocycles. The van der Waals surface area contributed by atoms with Crippen LogP contribution in [-0.2, 0) is 15.8 Å². The fourth-order valence-corrected chi connectivity index (χ4v) is 3.66. The second-order valence-electron chi connectivity index (χ2n) is 5.56. The van der Waals surface area contributed by atoms with Crippen LogP contribution in [0.25, 0.3) is 0 Å². The van der Waals surface area contributed by atoms with Gasteiger partial charge in [0.05, 0.1) is 24.5 Å². The van der Waals surface area contributed by atoms with Gasteiger partial charge in [0.15, 0.2) is 0 Å². The molecule has 2 aromatic rings. The Bertz CT molecular complexity index is 841. The van der Waals surface area contributed by atoms with E-state index < -0.39 is 10.0 Å². The molecule has 0 amide bonds. The topological polar surface area (TPSA) is 79.2 Å². The van der Waals surface area contributed by atoms with Crippen molar-refractivity contribution in [1.82, 2.24) is 4.72 Å². The van der Waals surface area contributed by atoms with Gasteiger partial charge in [0.1, 0.15) is 5.75 Å². The number of rotatable bonds is 7. The Morgan fingerprint density at radius 1 is 1.21 bits per heavy atom. The van der Waals surface area contributed by atoms with E-state index in [4.69, 9.17) is 10.00 Å². The first-order valence-electron chi connectivity index (χ1n) is 7.54. The summed E-state index contributed by atoms with van der Waals surface area (Å²) in [7, 11) is -1.89. The smallest absolute Gasteiger partial charge is 0.215 e. The zero-order valence-corrected chi connectivity index (χ0v) is 14.5. The molecule has 2 rings (SSSR count). The fraction of sp³-hybridized carbons (Fsp3) is 0.278. The van der Waals surface area contributed by atoms with Gasteiger partial charge in [0.2, 0.25) is 10.0 Å². The van der Waals surface area contributed by atoms with E-state index in [-0.39, 0.29) is 18.2 Å². The summed E-state index contributed by atoms with van der Waals surface area (Å²) in [4.78, 5) is 0. The maximum Gasteiger partial charge on any atom is 0.215 e. The second kappa shape index (κ2) is 7.95. The summed E-state index contributed by atoms with van der Waals surface area (Å²) in [5, 5.41) is 8.89. The molecule has 1 N–H and O–H groups in total. The van der Waals surface area contributed by atoms with Crippen LogP contribution in [-0.4, -0.2) is 22.1 Å². The average Bonchev–Trinajstić information content (AvgIpc) is 2.59. The predicted molar refractivity (Wildman–Crippen MR) is 93.2 cm³/mol. The maximum absolute atomic E-state index is 12.3. The van der Waals surface area contributed by atoms with Crippen molar-refractivity contribution in [2.24, 2.45) is 0 Å². The highest BCUT2D eigenvalue weighted by molar-refractivity contribution is 7.88. The highest BCUT2D eigenvalue weighted by Crippen LogP contribution is 2.25. The number of nitrogens with zero attached hydrogens (tertiary/aromatic N) is 1. The van der Waals surface area contributed by atoms with Crippen LogP contribution in [0, 0.1) is 11.3 Å². The van der Waals surface area contributed by atoms with E-state index in [0.29, 0.717) is 11.1 Å². The Balaban J connectivity index is 2.03. The van der Waals surface area contributed by atoms with E-state index >= 15 is 0 Å². The molecule has 24 heavy (non-hydrogen) atoms.